The zero-order valence-electron chi connectivity index (χ0n) is 8.65. The van der Waals surface area contributed by atoms with E-state index in [1.54, 1.807) is 29.3 Å². The van der Waals surface area contributed by atoms with Crippen molar-refractivity contribution in [1.82, 2.24) is 0 Å². The molecule has 0 bridgehead atoms. The second-order valence-electron chi connectivity index (χ2n) is 2.82. The Bertz CT molecular complexity index is 47.8. The second kappa shape index (κ2) is 17.1. The van der Waals surface area contributed by atoms with Crippen molar-refractivity contribution in [1.29, 1.82) is 0 Å². The van der Waals surface area contributed by atoms with E-state index in [1.807, 2.05) is 0 Å². The SMILES string of the molecule is CCCCC[SiH2][SiH2][SiH3].CO[SiH3]. The molecule has 0 atom stereocenters. The molecule has 0 heterocycles. The third kappa shape index (κ3) is 24.8. The zero-order valence-corrected chi connectivity index (χ0v) is 15.5. The van der Waals surface area contributed by atoms with Crippen LogP contribution in [0.3, 0.4) is 0 Å². The fraction of sp³-hybridized carbons (Fsp3) is 1.00. The van der Waals surface area contributed by atoms with Gasteiger partial charge in [0.15, 0.2) is 0 Å². The lowest BCUT2D eigenvalue weighted by molar-refractivity contribution is 0.460. The van der Waals surface area contributed by atoms with Gasteiger partial charge in [-0.2, -0.15) is 0 Å². The molecule has 0 aliphatic carbocycles. The molecule has 0 N–H and O–H groups in total. The molecule has 0 aromatic carbocycles. The summed E-state index contributed by atoms with van der Waals surface area (Å²) in [6, 6.07) is 1.68. The summed E-state index contributed by atoms with van der Waals surface area (Å²) in [7, 11) is 5.43. The number of unbranched alkanes of at least 4 members (excludes halogenated alkanes) is 2. The van der Waals surface area contributed by atoms with Crippen molar-refractivity contribution in [3.63, 3.8) is 0 Å². The molecular weight excluding hydrogens is 200 g/mol. The van der Waals surface area contributed by atoms with Crippen molar-refractivity contribution in [3.05, 3.63) is 0 Å². The Hall–Kier alpha value is 0.828. The minimum Gasteiger partial charge on any atom is -0.431 e. The average Bonchev–Trinajstić information content (AvgIpc) is 2.00. The smallest absolute Gasteiger partial charge is 0.145 e. The molecule has 70 valence electrons. The lowest BCUT2D eigenvalue weighted by atomic mass is 10.3. The Morgan fingerprint density at radius 3 is 2.27 bits per heavy atom. The van der Waals surface area contributed by atoms with Crippen LogP contribution in [-0.4, -0.2) is 44.9 Å². The first kappa shape index (κ1) is 14.4. The van der Waals surface area contributed by atoms with Gasteiger partial charge in [0, 0.05) is 16.1 Å². The van der Waals surface area contributed by atoms with Gasteiger partial charge in [0.05, 0.1) is 0 Å². The van der Waals surface area contributed by atoms with Crippen LogP contribution in [0, 0.1) is 0 Å². The van der Waals surface area contributed by atoms with Crippen LogP contribution in [0.15, 0.2) is 0 Å². The molecule has 11 heavy (non-hydrogen) atoms. The van der Waals surface area contributed by atoms with E-state index in [-0.39, 0.29) is 0 Å². The van der Waals surface area contributed by atoms with E-state index in [4.69, 9.17) is 0 Å². The van der Waals surface area contributed by atoms with E-state index in [2.05, 4.69) is 11.3 Å². The molecule has 0 amide bonds. The quantitative estimate of drug-likeness (QED) is 0.389. The molecule has 1 nitrogen and oxygen atoms in total. The van der Waals surface area contributed by atoms with Gasteiger partial charge in [-0.15, -0.1) is 0 Å². The predicted molar refractivity (Wildman–Crippen MR) is 68.3 cm³/mol. The van der Waals surface area contributed by atoms with E-state index in [0.717, 1.165) is 10.5 Å². The normalized spacial score (nSPS) is 11.5. The summed E-state index contributed by atoms with van der Waals surface area (Å²) in [4.78, 5) is 0. The molecule has 0 saturated carbocycles. The summed E-state index contributed by atoms with van der Waals surface area (Å²) in [5, 5.41) is 0. The first-order chi connectivity index (χ1) is 5.33. The molecule has 0 aliphatic rings. The van der Waals surface area contributed by atoms with Crippen LogP contribution in [0.1, 0.15) is 26.2 Å². The third-order valence-electron chi connectivity index (χ3n) is 1.46. The van der Waals surface area contributed by atoms with Crippen LogP contribution in [0.25, 0.3) is 0 Å². The minimum absolute atomic E-state index is 0.602. The average molecular weight is 225 g/mol. The van der Waals surface area contributed by atoms with Gasteiger partial charge in [0.2, 0.25) is 0 Å². The van der Waals surface area contributed by atoms with Crippen molar-refractivity contribution < 1.29 is 4.43 Å². The molecule has 0 radical (unpaired) electrons. The first-order valence-electron chi connectivity index (χ1n) is 4.73. The second-order valence-corrected chi connectivity index (χ2v) is 20.2. The van der Waals surface area contributed by atoms with Gasteiger partial charge in [-0.1, -0.05) is 32.2 Å². The maximum atomic E-state index is 4.39. The van der Waals surface area contributed by atoms with Gasteiger partial charge >= 0.3 is 0 Å². The van der Waals surface area contributed by atoms with Crippen molar-refractivity contribution >= 4 is 37.8 Å². The topological polar surface area (TPSA) is 9.23 Å². The van der Waals surface area contributed by atoms with Gasteiger partial charge in [0.1, 0.15) is 10.5 Å². The summed E-state index contributed by atoms with van der Waals surface area (Å²) >= 11 is 0. The Morgan fingerprint density at radius 1 is 1.36 bits per heavy atom. The van der Waals surface area contributed by atoms with Crippen LogP contribution in [-0.2, 0) is 4.43 Å². The number of hydrogen-bond acceptors (Lipinski definition) is 1. The highest BCUT2D eigenvalue weighted by Crippen LogP contribution is 1.96. The van der Waals surface area contributed by atoms with Crippen LogP contribution in [0.4, 0.5) is 0 Å². The molecule has 0 rings (SSSR count). The molecule has 0 saturated heterocycles. The zero-order chi connectivity index (χ0) is 8.95. The fourth-order valence-electron chi connectivity index (χ4n) is 0.854. The Morgan fingerprint density at radius 2 is 1.91 bits per heavy atom. The number of rotatable bonds is 5. The van der Waals surface area contributed by atoms with E-state index < -0.39 is 0 Å². The molecule has 0 aromatic rings. The van der Waals surface area contributed by atoms with Crippen LogP contribution in [0.5, 0.6) is 0 Å². The fourth-order valence-corrected chi connectivity index (χ4v) is 9.12. The van der Waals surface area contributed by atoms with Crippen molar-refractivity contribution in [2.45, 2.75) is 32.2 Å². The first-order valence-corrected chi connectivity index (χ1v) is 16.2. The third-order valence-corrected chi connectivity index (χ3v) is 13.1. The van der Waals surface area contributed by atoms with Gasteiger partial charge in [-0.05, 0) is 18.3 Å². The molecule has 0 aliphatic heterocycles. The van der Waals surface area contributed by atoms with Crippen molar-refractivity contribution in [3.8, 4) is 0 Å². The van der Waals surface area contributed by atoms with E-state index in [0.29, 0.717) is 17.6 Å². The van der Waals surface area contributed by atoms with Crippen LogP contribution >= 0.6 is 0 Å². The van der Waals surface area contributed by atoms with Crippen LogP contribution < -0.4 is 0 Å². The Kier molecular flexibility index (Phi) is 22.3. The van der Waals surface area contributed by atoms with Gasteiger partial charge in [-0.3, -0.25) is 0 Å². The molecule has 0 fully saturated rings. The van der Waals surface area contributed by atoms with Crippen LogP contribution in [0.2, 0.25) is 6.04 Å². The minimum atomic E-state index is 0.602. The largest absolute Gasteiger partial charge is 0.431 e. The lowest BCUT2D eigenvalue weighted by Crippen LogP contribution is -2.01. The molecule has 5 heteroatoms. The molecule has 0 unspecified atom stereocenters. The van der Waals surface area contributed by atoms with Gasteiger partial charge < -0.3 is 4.43 Å². The maximum Gasteiger partial charge on any atom is 0.145 e. The molecule has 0 spiro atoms. The van der Waals surface area contributed by atoms with Crippen molar-refractivity contribution in [2.75, 3.05) is 7.11 Å². The van der Waals surface area contributed by atoms with Gasteiger partial charge in [0.25, 0.3) is 0 Å². The standard InChI is InChI=1S/C5H18Si3.CH6OSi/c1-2-3-4-5-7-8-6;1-2-3/h2-5,7-8H2,1,6H3;1,3H3. The molecular formula is C6H24OSi4. The van der Waals surface area contributed by atoms with Crippen molar-refractivity contribution in [2.24, 2.45) is 0 Å². The van der Waals surface area contributed by atoms with E-state index >= 15 is 0 Å². The summed E-state index contributed by atoms with van der Waals surface area (Å²) in [5.74, 6) is 0. The lowest BCUT2D eigenvalue weighted by Gasteiger charge is -1.92. The molecule has 0 aromatic heterocycles. The van der Waals surface area contributed by atoms with E-state index in [1.165, 1.54) is 12.8 Å². The highest BCUT2D eigenvalue weighted by atomic mass is 29.5. The predicted octanol–water partition coefficient (Wildman–Crippen LogP) is -1.96. The summed E-state index contributed by atoms with van der Waals surface area (Å²) in [6.45, 7) is 2.29. The summed E-state index contributed by atoms with van der Waals surface area (Å²) < 4.78 is 4.39. The Labute approximate surface area is 81.9 Å². The maximum absolute atomic E-state index is 4.39. The van der Waals surface area contributed by atoms with Gasteiger partial charge in [-0.25, -0.2) is 0 Å². The number of hydrogen-bond donors (Lipinski definition) is 0. The summed E-state index contributed by atoms with van der Waals surface area (Å²) in [5.41, 5.74) is 0. The highest BCUT2D eigenvalue weighted by molar-refractivity contribution is 7.23. The van der Waals surface area contributed by atoms with E-state index in [9.17, 15) is 0 Å². The summed E-state index contributed by atoms with van der Waals surface area (Å²) in [6.07, 6.45) is 4.48. The monoisotopic (exact) mass is 224 g/mol. The highest BCUT2D eigenvalue weighted by Gasteiger charge is 1.84. The Balaban J connectivity index is 0.